The quantitative estimate of drug-likeness (QED) is 0.714. The minimum atomic E-state index is -1.24. The molecule has 96 valence electrons. The Bertz CT molecular complexity index is 502. The van der Waals surface area contributed by atoms with Crippen LogP contribution >= 0.6 is 11.6 Å². The Hall–Kier alpha value is -2.08. The average molecular weight is 271 g/mol. The highest BCUT2D eigenvalue weighted by Gasteiger charge is 2.12. The normalized spacial score (nSPS) is 9.67. The average Bonchev–Trinajstić information content (AvgIpc) is 2.30. The number of anilines is 1. The number of nitrogens with one attached hydrogen (secondary N) is 2. The van der Waals surface area contributed by atoms with E-state index in [1.807, 2.05) is 0 Å². The molecule has 1 aromatic rings. The van der Waals surface area contributed by atoms with Gasteiger partial charge in [-0.15, -0.1) is 0 Å². The van der Waals surface area contributed by atoms with E-state index in [0.29, 0.717) is 5.56 Å². The van der Waals surface area contributed by atoms with Gasteiger partial charge in [0.1, 0.15) is 6.42 Å². The summed E-state index contributed by atoms with van der Waals surface area (Å²) in [5.74, 6) is -2.29. The molecular weight excluding hydrogens is 260 g/mol. The third-order valence-corrected chi connectivity index (χ3v) is 2.37. The molecule has 3 N–H and O–H groups in total. The van der Waals surface area contributed by atoms with Crippen LogP contribution < -0.4 is 10.6 Å². The molecule has 2 amide bonds. The van der Waals surface area contributed by atoms with E-state index in [0.717, 1.165) is 0 Å². The number of hydrogen-bond acceptors (Lipinski definition) is 3. The first kappa shape index (κ1) is 14.0. The largest absolute Gasteiger partial charge is 0.481 e. The molecule has 0 aliphatic carbocycles. The summed E-state index contributed by atoms with van der Waals surface area (Å²) in [5, 5.41) is 13.4. The van der Waals surface area contributed by atoms with Crippen molar-refractivity contribution in [2.45, 2.75) is 6.42 Å². The predicted octanol–water partition coefficient (Wildman–Crippen LogP) is 1.11. The third-order valence-electron chi connectivity index (χ3n) is 2.04. The van der Waals surface area contributed by atoms with Gasteiger partial charge >= 0.3 is 5.97 Å². The van der Waals surface area contributed by atoms with Gasteiger partial charge in [0.25, 0.3) is 5.91 Å². The van der Waals surface area contributed by atoms with Crippen molar-refractivity contribution in [2.24, 2.45) is 0 Å². The second-order valence-electron chi connectivity index (χ2n) is 3.39. The fraction of sp³-hybridized carbons (Fsp3) is 0.182. The summed E-state index contributed by atoms with van der Waals surface area (Å²) in [6.45, 7) is 0. The van der Waals surface area contributed by atoms with Crippen molar-refractivity contribution in [1.29, 1.82) is 0 Å². The van der Waals surface area contributed by atoms with Crippen LogP contribution in [0.5, 0.6) is 0 Å². The maximum atomic E-state index is 11.4. The highest BCUT2D eigenvalue weighted by atomic mass is 35.5. The molecule has 0 aromatic heterocycles. The number of amides is 2. The second-order valence-corrected chi connectivity index (χ2v) is 3.80. The van der Waals surface area contributed by atoms with Gasteiger partial charge in [-0.05, 0) is 18.2 Å². The standard InChI is InChI=1S/C11H11ClN2O4/c1-13-11(18)6-2-3-7(12)8(4-6)14-9(15)5-10(16)17/h2-4H,5H2,1H3,(H,13,18)(H,14,15)(H,16,17). The van der Waals surface area contributed by atoms with Crippen LogP contribution in [0.15, 0.2) is 18.2 Å². The summed E-state index contributed by atoms with van der Waals surface area (Å²) in [4.78, 5) is 33.0. The number of rotatable bonds is 4. The SMILES string of the molecule is CNC(=O)c1ccc(Cl)c(NC(=O)CC(=O)O)c1. The third kappa shape index (κ3) is 3.74. The van der Waals surface area contributed by atoms with Crippen LogP contribution in [0.25, 0.3) is 0 Å². The molecule has 7 heteroatoms. The van der Waals surface area contributed by atoms with E-state index < -0.39 is 18.3 Å². The topological polar surface area (TPSA) is 95.5 Å². The van der Waals surface area contributed by atoms with Gasteiger partial charge in [-0.25, -0.2) is 0 Å². The molecule has 0 heterocycles. The molecule has 0 spiro atoms. The first-order valence-corrected chi connectivity index (χ1v) is 5.35. The predicted molar refractivity (Wildman–Crippen MR) is 65.7 cm³/mol. The lowest BCUT2D eigenvalue weighted by Crippen LogP contribution is -2.19. The van der Waals surface area contributed by atoms with Crippen molar-refractivity contribution in [2.75, 3.05) is 12.4 Å². The van der Waals surface area contributed by atoms with Gasteiger partial charge < -0.3 is 15.7 Å². The lowest BCUT2D eigenvalue weighted by Gasteiger charge is -2.08. The molecule has 0 aliphatic rings. The van der Waals surface area contributed by atoms with Gasteiger partial charge in [0.05, 0.1) is 10.7 Å². The zero-order valence-electron chi connectivity index (χ0n) is 9.49. The van der Waals surface area contributed by atoms with Crippen molar-refractivity contribution >= 4 is 35.1 Å². The summed E-state index contributed by atoms with van der Waals surface area (Å²) in [6, 6.07) is 4.32. The highest BCUT2D eigenvalue weighted by Crippen LogP contribution is 2.23. The van der Waals surface area contributed by atoms with E-state index in [-0.39, 0.29) is 16.6 Å². The van der Waals surface area contributed by atoms with Crippen LogP contribution in [0.1, 0.15) is 16.8 Å². The summed E-state index contributed by atoms with van der Waals surface area (Å²) in [7, 11) is 1.47. The van der Waals surface area contributed by atoms with Gasteiger partial charge in [0, 0.05) is 12.6 Å². The molecule has 0 unspecified atom stereocenters. The highest BCUT2D eigenvalue weighted by molar-refractivity contribution is 6.34. The molecule has 0 fully saturated rings. The summed E-state index contributed by atoms with van der Waals surface area (Å²) in [5.41, 5.74) is 0.511. The van der Waals surface area contributed by atoms with Gasteiger partial charge in [-0.1, -0.05) is 11.6 Å². The molecular formula is C11H11ClN2O4. The minimum absolute atomic E-state index is 0.198. The number of carboxylic acid groups (broad SMARTS) is 1. The summed E-state index contributed by atoms with van der Waals surface area (Å²) >= 11 is 5.83. The molecule has 0 saturated heterocycles. The molecule has 0 radical (unpaired) electrons. The smallest absolute Gasteiger partial charge is 0.312 e. The lowest BCUT2D eigenvalue weighted by molar-refractivity contribution is -0.139. The van der Waals surface area contributed by atoms with E-state index in [2.05, 4.69) is 10.6 Å². The van der Waals surface area contributed by atoms with Gasteiger partial charge in [-0.2, -0.15) is 0 Å². The zero-order valence-corrected chi connectivity index (χ0v) is 10.2. The van der Waals surface area contributed by atoms with E-state index in [1.165, 1.54) is 25.2 Å². The monoisotopic (exact) mass is 270 g/mol. The van der Waals surface area contributed by atoms with Crippen LogP contribution in [0.2, 0.25) is 5.02 Å². The van der Waals surface area contributed by atoms with Crippen LogP contribution in [0.4, 0.5) is 5.69 Å². The van der Waals surface area contributed by atoms with Gasteiger partial charge in [0.15, 0.2) is 0 Å². The van der Waals surface area contributed by atoms with E-state index in [9.17, 15) is 14.4 Å². The molecule has 6 nitrogen and oxygen atoms in total. The number of benzene rings is 1. The Morgan fingerprint density at radius 1 is 1.33 bits per heavy atom. The van der Waals surface area contributed by atoms with Crippen molar-refractivity contribution in [1.82, 2.24) is 5.32 Å². The fourth-order valence-electron chi connectivity index (χ4n) is 1.24. The fourth-order valence-corrected chi connectivity index (χ4v) is 1.40. The van der Waals surface area contributed by atoms with Crippen molar-refractivity contribution < 1.29 is 19.5 Å². The van der Waals surface area contributed by atoms with Crippen LogP contribution in [-0.2, 0) is 9.59 Å². The summed E-state index contributed by atoms with van der Waals surface area (Å²) in [6.07, 6.45) is -0.666. The minimum Gasteiger partial charge on any atom is -0.481 e. The zero-order chi connectivity index (χ0) is 13.7. The number of aliphatic carboxylic acids is 1. The van der Waals surface area contributed by atoms with Crippen LogP contribution in [-0.4, -0.2) is 29.9 Å². The number of carbonyl (C=O) groups is 3. The van der Waals surface area contributed by atoms with E-state index in [4.69, 9.17) is 16.7 Å². The van der Waals surface area contributed by atoms with Crippen molar-refractivity contribution in [3.63, 3.8) is 0 Å². The van der Waals surface area contributed by atoms with E-state index >= 15 is 0 Å². The Labute approximate surface area is 108 Å². The Kier molecular flexibility index (Phi) is 4.67. The second kappa shape index (κ2) is 6.02. The lowest BCUT2D eigenvalue weighted by atomic mass is 10.2. The number of carboxylic acids is 1. The van der Waals surface area contributed by atoms with Gasteiger partial charge in [-0.3, -0.25) is 14.4 Å². The molecule has 0 aliphatic heterocycles. The Morgan fingerprint density at radius 3 is 2.56 bits per heavy atom. The first-order chi connectivity index (χ1) is 8.43. The maximum Gasteiger partial charge on any atom is 0.312 e. The van der Waals surface area contributed by atoms with Crippen LogP contribution in [0, 0.1) is 0 Å². The van der Waals surface area contributed by atoms with Gasteiger partial charge in [0.2, 0.25) is 5.91 Å². The molecule has 0 bridgehead atoms. The van der Waals surface area contributed by atoms with Crippen molar-refractivity contribution in [3.8, 4) is 0 Å². The van der Waals surface area contributed by atoms with Crippen LogP contribution in [0.3, 0.4) is 0 Å². The molecule has 1 aromatic carbocycles. The number of hydrogen-bond donors (Lipinski definition) is 3. The number of halogens is 1. The maximum absolute atomic E-state index is 11.4. The summed E-state index contributed by atoms with van der Waals surface area (Å²) < 4.78 is 0. The molecule has 0 saturated carbocycles. The Morgan fingerprint density at radius 2 is 2.00 bits per heavy atom. The molecule has 0 atom stereocenters. The van der Waals surface area contributed by atoms with Crippen molar-refractivity contribution in [3.05, 3.63) is 28.8 Å². The molecule has 18 heavy (non-hydrogen) atoms. The Balaban J connectivity index is 2.91. The first-order valence-electron chi connectivity index (χ1n) is 4.97. The molecule has 1 rings (SSSR count). The number of carbonyl (C=O) groups excluding carboxylic acids is 2. The van der Waals surface area contributed by atoms with E-state index in [1.54, 1.807) is 0 Å².